The van der Waals surface area contributed by atoms with Crippen molar-refractivity contribution in [2.24, 2.45) is 0 Å². The number of phosphoric acid groups is 1. The van der Waals surface area contributed by atoms with Crippen LogP contribution in [0.4, 0.5) is 5.69 Å². The lowest BCUT2D eigenvalue weighted by Crippen LogP contribution is -1.96. The third-order valence-corrected chi connectivity index (χ3v) is 5.55. The molecule has 3 heterocycles. The number of hydrogen-bond acceptors (Lipinski definition) is 5. The molecule has 11 nitrogen and oxygen atoms in total. The van der Waals surface area contributed by atoms with Crippen LogP contribution in [0.25, 0.3) is 55.4 Å². The lowest BCUT2D eigenvalue weighted by atomic mass is 10.0. The molecule has 0 fully saturated rings. The fourth-order valence-electron chi connectivity index (χ4n) is 4.07. The summed E-state index contributed by atoms with van der Waals surface area (Å²) >= 11 is 0. The summed E-state index contributed by atoms with van der Waals surface area (Å²) in [5.41, 5.74) is 6.31. The number of H-pyrrole nitrogens is 2. The average molecular weight is 503 g/mol. The number of aromatic amines is 2. The van der Waals surface area contributed by atoms with Crippen LogP contribution in [0.1, 0.15) is 0 Å². The number of nitro benzene ring substituents is 1. The smallest absolute Gasteiger partial charge is 0.360 e. The Kier molecular flexibility index (Phi) is 5.83. The lowest BCUT2D eigenvalue weighted by Gasteiger charge is -2.09. The molecule has 0 saturated heterocycles. The lowest BCUT2D eigenvalue weighted by molar-refractivity contribution is -0.384. The van der Waals surface area contributed by atoms with Crippen LogP contribution >= 0.6 is 7.82 Å². The van der Waals surface area contributed by atoms with Crippen LogP contribution in [0.2, 0.25) is 0 Å². The summed E-state index contributed by atoms with van der Waals surface area (Å²) in [5.74, 6) is 0. The maximum Gasteiger partial charge on any atom is 0.466 e. The molecule has 5 N–H and O–H groups in total. The van der Waals surface area contributed by atoms with E-state index in [9.17, 15) is 10.1 Å². The summed E-state index contributed by atoms with van der Waals surface area (Å²) in [6.07, 6.45) is 3.85. The van der Waals surface area contributed by atoms with Gasteiger partial charge in [0.1, 0.15) is 0 Å². The molecule has 180 valence electrons. The predicted octanol–water partition coefficient (Wildman–Crippen LogP) is 4.91. The average Bonchev–Trinajstić information content (AvgIpc) is 3.46. The second-order valence-electron chi connectivity index (χ2n) is 7.86. The third kappa shape index (κ3) is 4.59. The molecule has 36 heavy (non-hydrogen) atoms. The molecule has 0 aliphatic heterocycles. The van der Waals surface area contributed by atoms with E-state index in [1.54, 1.807) is 6.07 Å². The molecule has 0 aliphatic rings. The van der Waals surface area contributed by atoms with Gasteiger partial charge in [0.25, 0.3) is 5.69 Å². The van der Waals surface area contributed by atoms with Crippen molar-refractivity contribution in [1.82, 2.24) is 19.9 Å². The summed E-state index contributed by atoms with van der Waals surface area (Å²) in [7, 11) is -4.64. The molecule has 6 rings (SSSR count). The van der Waals surface area contributed by atoms with Crippen molar-refractivity contribution in [1.29, 1.82) is 0 Å². The highest BCUT2D eigenvalue weighted by Crippen LogP contribution is 2.38. The molecule has 0 saturated carbocycles. The summed E-state index contributed by atoms with van der Waals surface area (Å²) < 4.78 is 8.88. The van der Waals surface area contributed by atoms with Crippen molar-refractivity contribution in [2.75, 3.05) is 0 Å². The molecule has 0 aliphatic carbocycles. The van der Waals surface area contributed by atoms with E-state index in [2.05, 4.69) is 9.97 Å². The Morgan fingerprint density at radius 3 is 1.72 bits per heavy atom. The van der Waals surface area contributed by atoms with Gasteiger partial charge in [0.05, 0.1) is 27.3 Å². The van der Waals surface area contributed by atoms with Crippen LogP contribution in [0.3, 0.4) is 0 Å². The minimum Gasteiger partial charge on any atom is -0.360 e. The number of benzene rings is 3. The molecule has 3 aromatic heterocycles. The Balaban J connectivity index is 0.000000489. The molecule has 0 unspecified atom stereocenters. The van der Waals surface area contributed by atoms with E-state index in [1.165, 1.54) is 12.1 Å². The van der Waals surface area contributed by atoms with Crippen molar-refractivity contribution >= 4 is 46.3 Å². The molecule has 3 aromatic carbocycles. The van der Waals surface area contributed by atoms with Crippen molar-refractivity contribution in [3.8, 4) is 22.5 Å². The van der Waals surface area contributed by atoms with Gasteiger partial charge < -0.3 is 24.6 Å². The number of nitrogens with zero attached hydrogens (tertiary/aromatic N) is 3. The second-order valence-corrected chi connectivity index (χ2v) is 8.89. The van der Waals surface area contributed by atoms with Crippen molar-refractivity contribution in [3.05, 3.63) is 89.2 Å². The third-order valence-electron chi connectivity index (χ3n) is 5.55. The fraction of sp³-hybridized carbons (Fsp3) is 0. The number of aromatic nitrogens is 4. The number of nitro groups is 1. The van der Waals surface area contributed by atoms with Crippen LogP contribution in [0.5, 0.6) is 0 Å². The molecule has 0 spiro atoms. The van der Waals surface area contributed by atoms with E-state index in [4.69, 9.17) is 29.2 Å². The van der Waals surface area contributed by atoms with Gasteiger partial charge in [0, 0.05) is 57.5 Å². The zero-order valence-electron chi connectivity index (χ0n) is 18.4. The summed E-state index contributed by atoms with van der Waals surface area (Å²) in [6, 6.07) is 20.6. The maximum atomic E-state index is 11.3. The number of fused-ring (bicyclic) bond motifs is 3. The molecule has 0 bridgehead atoms. The summed E-state index contributed by atoms with van der Waals surface area (Å²) in [6.45, 7) is 0. The van der Waals surface area contributed by atoms with Crippen molar-refractivity contribution in [2.45, 2.75) is 0 Å². The van der Waals surface area contributed by atoms with Gasteiger partial charge in [-0.2, -0.15) is 0 Å². The van der Waals surface area contributed by atoms with E-state index in [-0.39, 0.29) is 5.69 Å². The van der Waals surface area contributed by atoms with Crippen LogP contribution in [-0.4, -0.2) is 39.5 Å². The highest BCUT2D eigenvalue weighted by atomic mass is 31.2. The van der Waals surface area contributed by atoms with Gasteiger partial charge >= 0.3 is 7.82 Å². The Morgan fingerprint density at radius 2 is 1.22 bits per heavy atom. The van der Waals surface area contributed by atoms with Gasteiger partial charge in [0.15, 0.2) is 0 Å². The monoisotopic (exact) mass is 503 g/mol. The number of nitrogens with one attached hydrogen (secondary N) is 2. The van der Waals surface area contributed by atoms with E-state index in [0.717, 1.165) is 38.6 Å². The van der Waals surface area contributed by atoms with Gasteiger partial charge in [-0.1, -0.05) is 36.4 Å². The van der Waals surface area contributed by atoms with Gasteiger partial charge in [-0.25, -0.2) is 14.5 Å². The van der Waals surface area contributed by atoms with Crippen LogP contribution < -0.4 is 0 Å². The minimum absolute atomic E-state index is 0.00785. The topological polar surface area (TPSA) is 178 Å². The first kappa shape index (κ1) is 23.3. The number of hydrogen-bond donors (Lipinski definition) is 5. The molecule has 6 aromatic rings. The number of non-ortho nitro benzene ring substituents is 1. The first-order chi connectivity index (χ1) is 17.2. The number of para-hydroxylation sites is 2. The normalized spacial score (nSPS) is 11.5. The molecule has 0 radical (unpaired) electrons. The van der Waals surface area contributed by atoms with Crippen molar-refractivity contribution < 1.29 is 24.2 Å². The van der Waals surface area contributed by atoms with Crippen LogP contribution in [-0.2, 0) is 4.57 Å². The highest BCUT2D eigenvalue weighted by molar-refractivity contribution is 7.45. The largest absolute Gasteiger partial charge is 0.466 e. The minimum atomic E-state index is -4.64. The van der Waals surface area contributed by atoms with E-state index in [0.29, 0.717) is 16.7 Å². The quantitative estimate of drug-likeness (QED) is 0.128. The Bertz CT molecular complexity index is 1800. The van der Waals surface area contributed by atoms with Crippen LogP contribution in [0.15, 0.2) is 79.1 Å². The van der Waals surface area contributed by atoms with Gasteiger partial charge in [0.2, 0.25) is 0 Å². The van der Waals surface area contributed by atoms with E-state index >= 15 is 0 Å². The first-order valence-electron chi connectivity index (χ1n) is 10.6. The molecular weight excluding hydrogens is 485 g/mol. The van der Waals surface area contributed by atoms with Crippen molar-refractivity contribution in [3.63, 3.8) is 0 Å². The first-order valence-corrected chi connectivity index (χ1v) is 12.1. The summed E-state index contributed by atoms with van der Waals surface area (Å²) in [5, 5.41) is 13.3. The SMILES string of the molecule is O=P(O)(O)O.O=[N+]([O-])c1ccc2nc(-c3c[nH]c4ccccc34)c(-c3c[nH]c4ccccc34)nc2c1. The predicted molar refractivity (Wildman–Crippen MR) is 135 cm³/mol. The highest BCUT2D eigenvalue weighted by Gasteiger charge is 2.20. The Morgan fingerprint density at radius 1 is 0.750 bits per heavy atom. The Hall–Kier alpha value is -4.41. The number of rotatable bonds is 3. The summed E-state index contributed by atoms with van der Waals surface area (Å²) in [4.78, 5) is 48.8. The Labute approximate surface area is 202 Å². The van der Waals surface area contributed by atoms with E-state index < -0.39 is 12.7 Å². The maximum absolute atomic E-state index is 11.3. The van der Waals surface area contributed by atoms with Gasteiger partial charge in [-0.3, -0.25) is 10.1 Å². The second kappa shape index (κ2) is 8.99. The van der Waals surface area contributed by atoms with Gasteiger partial charge in [-0.05, 0) is 18.2 Å². The molecular formula is C24H18N5O6P. The molecule has 0 atom stereocenters. The standard InChI is InChI=1S/C24H15N5O2.H3O4P/c30-29(31)14-9-10-21-22(11-14)28-24(18-13-26-20-8-4-2-6-16(18)20)23(27-21)17-12-25-19-7-3-1-5-15(17)19;1-5(2,3)4/h1-13,25-26H;(H3,1,2,3,4). The zero-order valence-corrected chi connectivity index (χ0v) is 19.3. The van der Waals surface area contributed by atoms with E-state index in [1.807, 2.05) is 60.9 Å². The fourth-order valence-corrected chi connectivity index (χ4v) is 4.07. The molecule has 12 heteroatoms. The molecule has 0 amide bonds. The van der Waals surface area contributed by atoms with Gasteiger partial charge in [-0.15, -0.1) is 0 Å². The van der Waals surface area contributed by atoms with Crippen LogP contribution in [0, 0.1) is 10.1 Å². The zero-order chi connectivity index (χ0) is 25.4.